The smallest absolute Gasteiger partial charge is 0.270 e. The Morgan fingerprint density at radius 3 is 2.50 bits per heavy atom. The molecule has 0 bridgehead atoms. The maximum Gasteiger partial charge on any atom is 0.270 e. The molecule has 11 heteroatoms. The van der Waals surface area contributed by atoms with E-state index in [0.717, 1.165) is 19.3 Å². The summed E-state index contributed by atoms with van der Waals surface area (Å²) in [5, 5.41) is 11.4. The zero-order valence-corrected chi connectivity index (χ0v) is 20.8. The third-order valence-corrected chi connectivity index (χ3v) is 7.47. The molecule has 1 amide bonds. The van der Waals surface area contributed by atoms with E-state index in [1.54, 1.807) is 24.3 Å². The molecule has 1 aromatic heterocycles. The van der Waals surface area contributed by atoms with Gasteiger partial charge in [-0.3, -0.25) is 19.8 Å². The number of hydrogen-bond acceptors (Lipinski definition) is 8. The minimum absolute atomic E-state index is 0.0625. The van der Waals surface area contributed by atoms with Crippen molar-refractivity contribution in [2.75, 3.05) is 37.3 Å². The van der Waals surface area contributed by atoms with Gasteiger partial charge in [-0.25, -0.2) is 13.4 Å². The lowest BCUT2D eigenvalue weighted by Crippen LogP contribution is -2.38. The molecule has 34 heavy (non-hydrogen) atoms. The first-order valence-electron chi connectivity index (χ1n) is 10.7. The van der Waals surface area contributed by atoms with E-state index in [4.69, 9.17) is 0 Å². The molecule has 0 aliphatic heterocycles. The minimum atomic E-state index is -3.49. The Morgan fingerprint density at radius 1 is 1.15 bits per heavy atom. The van der Waals surface area contributed by atoms with E-state index in [1.807, 2.05) is 13.8 Å². The number of nitro groups is 1. The van der Waals surface area contributed by atoms with Gasteiger partial charge in [0, 0.05) is 37.6 Å². The number of fused-ring (bicyclic) bond motifs is 1. The molecular formula is C23H26N4O5S2. The van der Waals surface area contributed by atoms with Crippen LogP contribution in [0.15, 0.2) is 53.4 Å². The molecule has 0 aliphatic carbocycles. The van der Waals surface area contributed by atoms with Crippen LogP contribution in [0.5, 0.6) is 0 Å². The normalized spacial score (nSPS) is 12.0. The number of non-ortho nitro benzene ring substituents is 1. The van der Waals surface area contributed by atoms with Crippen molar-refractivity contribution in [1.29, 1.82) is 0 Å². The van der Waals surface area contributed by atoms with Crippen molar-refractivity contribution in [2.24, 2.45) is 0 Å². The molecule has 0 spiro atoms. The number of likely N-dealkylation sites (N-methyl/N-ethyl adjacent to an activating group) is 1. The topological polar surface area (TPSA) is 114 Å². The largest absolute Gasteiger partial charge is 0.302 e. The summed E-state index contributed by atoms with van der Waals surface area (Å²) in [6.45, 7) is 6.67. The number of aromatic nitrogens is 1. The fraction of sp³-hybridized carbons (Fsp3) is 0.304. The molecule has 0 N–H and O–H groups in total. The van der Waals surface area contributed by atoms with E-state index in [1.165, 1.54) is 46.6 Å². The molecule has 1 heterocycles. The molecule has 0 aliphatic rings. The highest BCUT2D eigenvalue weighted by Gasteiger charge is 2.22. The van der Waals surface area contributed by atoms with Crippen LogP contribution in [0, 0.1) is 10.1 Å². The van der Waals surface area contributed by atoms with Gasteiger partial charge in [0.05, 0.1) is 14.5 Å². The van der Waals surface area contributed by atoms with E-state index >= 15 is 0 Å². The van der Waals surface area contributed by atoms with Crippen LogP contribution in [0.3, 0.4) is 0 Å². The highest BCUT2D eigenvalue weighted by molar-refractivity contribution is 7.91. The summed E-state index contributed by atoms with van der Waals surface area (Å²) in [5.41, 5.74) is 0.802. The molecule has 180 valence electrons. The van der Waals surface area contributed by atoms with Crippen LogP contribution in [0.2, 0.25) is 0 Å². The number of benzene rings is 2. The van der Waals surface area contributed by atoms with Crippen molar-refractivity contribution in [3.63, 3.8) is 0 Å². The molecule has 2 aromatic carbocycles. The Bertz CT molecular complexity index is 1330. The number of anilines is 1. The number of hydrogen-bond donors (Lipinski definition) is 0. The first-order valence-corrected chi connectivity index (χ1v) is 13.4. The molecule has 3 aromatic rings. The average molecular weight is 503 g/mol. The number of carbonyl (C=O) groups excluding carboxylic acids is 1. The summed E-state index contributed by atoms with van der Waals surface area (Å²) >= 11 is 1.25. The van der Waals surface area contributed by atoms with Crippen LogP contribution < -0.4 is 4.90 Å². The van der Waals surface area contributed by atoms with Gasteiger partial charge in [0.15, 0.2) is 15.0 Å². The molecule has 9 nitrogen and oxygen atoms in total. The van der Waals surface area contributed by atoms with Gasteiger partial charge < -0.3 is 4.90 Å². The van der Waals surface area contributed by atoms with Gasteiger partial charge in [-0.2, -0.15) is 0 Å². The highest BCUT2D eigenvalue weighted by Crippen LogP contribution is 2.33. The third-order valence-electron chi connectivity index (χ3n) is 5.30. The second kappa shape index (κ2) is 10.9. The lowest BCUT2D eigenvalue weighted by molar-refractivity contribution is -0.384. The number of carbonyl (C=O) groups is 1. The first-order chi connectivity index (χ1) is 16.1. The molecule has 0 saturated carbocycles. The Labute approximate surface area is 202 Å². The van der Waals surface area contributed by atoms with Gasteiger partial charge in [-0.1, -0.05) is 43.4 Å². The fourth-order valence-corrected chi connectivity index (χ4v) is 5.33. The van der Waals surface area contributed by atoms with E-state index in [9.17, 15) is 23.3 Å². The number of sulfone groups is 1. The SMILES string of the molecule is CCN(CC)CCN(C(=O)C=Cc1cccc([N+](=O)[O-])c1)c1nc2c(S(C)(=O)=O)cccc2s1. The molecule has 3 rings (SSSR count). The van der Waals surface area contributed by atoms with E-state index in [-0.39, 0.29) is 16.5 Å². The van der Waals surface area contributed by atoms with E-state index < -0.39 is 14.8 Å². The highest BCUT2D eigenvalue weighted by atomic mass is 32.2. The lowest BCUT2D eigenvalue weighted by Gasteiger charge is -2.23. The van der Waals surface area contributed by atoms with Crippen molar-refractivity contribution in [3.05, 3.63) is 64.2 Å². The zero-order chi connectivity index (χ0) is 24.9. The maximum atomic E-state index is 13.2. The van der Waals surface area contributed by atoms with Gasteiger partial charge in [0.25, 0.3) is 11.6 Å². The van der Waals surface area contributed by atoms with Gasteiger partial charge >= 0.3 is 0 Å². The van der Waals surface area contributed by atoms with Crippen LogP contribution in [-0.4, -0.2) is 61.6 Å². The second-order valence-electron chi connectivity index (χ2n) is 7.57. The summed E-state index contributed by atoms with van der Waals surface area (Å²) in [5.74, 6) is -0.348. The Balaban J connectivity index is 1.97. The van der Waals surface area contributed by atoms with Crippen molar-refractivity contribution in [2.45, 2.75) is 18.7 Å². The number of rotatable bonds is 10. The summed E-state index contributed by atoms with van der Waals surface area (Å²) in [6, 6.07) is 10.9. The summed E-state index contributed by atoms with van der Waals surface area (Å²) in [4.78, 5) is 32.1. The monoisotopic (exact) mass is 502 g/mol. The quantitative estimate of drug-likeness (QED) is 0.234. The van der Waals surface area contributed by atoms with Crippen molar-refractivity contribution >= 4 is 54.2 Å². The van der Waals surface area contributed by atoms with Crippen LogP contribution >= 0.6 is 11.3 Å². The Kier molecular flexibility index (Phi) is 8.13. The molecule has 0 atom stereocenters. The number of thiazole rings is 1. The molecule has 0 radical (unpaired) electrons. The van der Waals surface area contributed by atoms with Crippen molar-refractivity contribution < 1.29 is 18.1 Å². The van der Waals surface area contributed by atoms with Crippen LogP contribution in [0.25, 0.3) is 16.3 Å². The average Bonchev–Trinajstić information content (AvgIpc) is 3.23. The number of nitrogens with zero attached hydrogens (tertiary/aromatic N) is 4. The minimum Gasteiger partial charge on any atom is -0.302 e. The third kappa shape index (κ3) is 6.04. The summed E-state index contributed by atoms with van der Waals surface area (Å²) < 4.78 is 25.1. The molecule has 0 fully saturated rings. The molecule has 0 saturated heterocycles. The van der Waals surface area contributed by atoms with Gasteiger partial charge in [0.2, 0.25) is 0 Å². The standard InChI is InChI=1S/C23H26N4O5S2/c1-4-25(5-2)14-15-26(21(28)13-12-17-8-6-9-18(16-17)27(29)30)23-24-22-19(33-23)10-7-11-20(22)34(3,31)32/h6-13,16H,4-5,14-15H2,1-3H3. The Morgan fingerprint density at radius 2 is 1.85 bits per heavy atom. The van der Waals surface area contributed by atoms with Gasteiger partial charge in [0.1, 0.15) is 5.52 Å². The maximum absolute atomic E-state index is 13.2. The van der Waals surface area contributed by atoms with E-state index in [0.29, 0.717) is 34.0 Å². The van der Waals surface area contributed by atoms with Gasteiger partial charge in [-0.15, -0.1) is 0 Å². The van der Waals surface area contributed by atoms with Crippen LogP contribution in [0.4, 0.5) is 10.8 Å². The number of para-hydroxylation sites is 1. The van der Waals surface area contributed by atoms with Crippen LogP contribution in [0.1, 0.15) is 19.4 Å². The first kappa shape index (κ1) is 25.5. The van der Waals surface area contributed by atoms with Gasteiger partial charge in [-0.05, 0) is 36.9 Å². The zero-order valence-electron chi connectivity index (χ0n) is 19.2. The predicted molar refractivity (Wildman–Crippen MR) is 135 cm³/mol. The fourth-order valence-electron chi connectivity index (χ4n) is 3.41. The number of amides is 1. The van der Waals surface area contributed by atoms with Crippen molar-refractivity contribution in [3.8, 4) is 0 Å². The van der Waals surface area contributed by atoms with Crippen molar-refractivity contribution in [1.82, 2.24) is 9.88 Å². The summed E-state index contributed by atoms with van der Waals surface area (Å²) in [7, 11) is -3.49. The van der Waals surface area contributed by atoms with E-state index in [2.05, 4.69) is 9.88 Å². The predicted octanol–water partition coefficient (Wildman–Crippen LogP) is 4.00. The number of nitro benzene ring substituents is 1. The van der Waals surface area contributed by atoms with Crippen LogP contribution in [-0.2, 0) is 14.6 Å². The molecule has 0 unspecified atom stereocenters. The summed E-state index contributed by atoms with van der Waals surface area (Å²) in [6.07, 6.45) is 4.01. The Hall–Kier alpha value is -3.15. The lowest BCUT2D eigenvalue weighted by atomic mass is 10.2. The second-order valence-corrected chi connectivity index (χ2v) is 10.6. The molecular weight excluding hydrogens is 476 g/mol.